The highest BCUT2D eigenvalue weighted by Crippen LogP contribution is 2.28. The lowest BCUT2D eigenvalue weighted by Crippen LogP contribution is -2.47. The van der Waals surface area contributed by atoms with E-state index in [1.165, 1.54) is 4.90 Å². The van der Waals surface area contributed by atoms with Crippen LogP contribution < -0.4 is 5.32 Å². The molecule has 1 N–H and O–H groups in total. The van der Waals surface area contributed by atoms with Crippen molar-refractivity contribution in [1.82, 2.24) is 10.2 Å². The van der Waals surface area contributed by atoms with Crippen LogP contribution in [0, 0.1) is 0 Å². The zero-order valence-electron chi connectivity index (χ0n) is 10.2. The van der Waals surface area contributed by atoms with Gasteiger partial charge in [-0.15, -0.1) is 0 Å². The fourth-order valence-electron chi connectivity index (χ4n) is 2.47. The van der Waals surface area contributed by atoms with E-state index < -0.39 is 5.54 Å². The topological polar surface area (TPSA) is 58.6 Å². The van der Waals surface area contributed by atoms with Gasteiger partial charge in [-0.3, -0.25) is 9.69 Å². The number of rotatable bonds is 2. The molecule has 5 nitrogen and oxygen atoms in total. The lowest BCUT2D eigenvalue weighted by atomic mass is 9.99. The number of ether oxygens (including phenoxy) is 1. The van der Waals surface area contributed by atoms with Crippen molar-refractivity contribution in [3.63, 3.8) is 0 Å². The third-order valence-corrected chi connectivity index (χ3v) is 3.99. The standard InChI is InChI=1S/C13H13BrN2O3/c14-10-3-1-2-9(6-10)7-16-11(17)13(15-12(16)18)4-5-19-8-13/h1-3,6H,4-5,7-8H2,(H,15,18). The molecule has 3 rings (SSSR count). The second kappa shape index (κ2) is 4.61. The summed E-state index contributed by atoms with van der Waals surface area (Å²) in [6.07, 6.45) is 0.548. The monoisotopic (exact) mass is 324 g/mol. The van der Waals surface area contributed by atoms with Gasteiger partial charge in [-0.25, -0.2) is 4.79 Å². The third-order valence-electron chi connectivity index (χ3n) is 3.50. The van der Waals surface area contributed by atoms with Gasteiger partial charge in [0.2, 0.25) is 0 Å². The minimum Gasteiger partial charge on any atom is -0.378 e. The molecule has 19 heavy (non-hydrogen) atoms. The molecule has 1 atom stereocenters. The second-order valence-corrected chi connectivity index (χ2v) is 5.75. The maximum Gasteiger partial charge on any atom is 0.325 e. The first-order chi connectivity index (χ1) is 9.11. The number of benzene rings is 1. The first kappa shape index (κ1) is 12.6. The average Bonchev–Trinajstić information content (AvgIpc) is 2.92. The molecule has 0 aliphatic carbocycles. The molecule has 1 aromatic carbocycles. The molecule has 2 saturated heterocycles. The Bertz CT molecular complexity index is 540. The van der Waals surface area contributed by atoms with Crippen LogP contribution in [-0.4, -0.2) is 35.6 Å². The Labute approximate surface area is 119 Å². The summed E-state index contributed by atoms with van der Waals surface area (Å²) in [7, 11) is 0. The fraction of sp³-hybridized carbons (Fsp3) is 0.385. The van der Waals surface area contributed by atoms with Gasteiger partial charge in [0.15, 0.2) is 0 Å². The van der Waals surface area contributed by atoms with E-state index in [9.17, 15) is 9.59 Å². The molecule has 0 aromatic heterocycles. The number of urea groups is 1. The predicted molar refractivity (Wildman–Crippen MR) is 71.4 cm³/mol. The van der Waals surface area contributed by atoms with Crippen LogP contribution in [0.15, 0.2) is 28.7 Å². The van der Waals surface area contributed by atoms with Gasteiger partial charge in [-0.2, -0.15) is 0 Å². The van der Waals surface area contributed by atoms with Gasteiger partial charge in [-0.05, 0) is 17.7 Å². The molecule has 100 valence electrons. The van der Waals surface area contributed by atoms with E-state index in [1.54, 1.807) is 0 Å². The molecule has 0 saturated carbocycles. The molecule has 1 unspecified atom stereocenters. The molecular formula is C13H13BrN2O3. The Hall–Kier alpha value is -1.40. The zero-order chi connectivity index (χ0) is 13.5. The maximum absolute atomic E-state index is 12.4. The highest BCUT2D eigenvalue weighted by atomic mass is 79.9. The van der Waals surface area contributed by atoms with Crippen molar-refractivity contribution in [3.8, 4) is 0 Å². The van der Waals surface area contributed by atoms with Crippen molar-refractivity contribution in [1.29, 1.82) is 0 Å². The van der Waals surface area contributed by atoms with E-state index >= 15 is 0 Å². The number of hydrogen-bond acceptors (Lipinski definition) is 3. The van der Waals surface area contributed by atoms with Crippen molar-refractivity contribution in [2.45, 2.75) is 18.5 Å². The van der Waals surface area contributed by atoms with Crippen molar-refractivity contribution < 1.29 is 14.3 Å². The maximum atomic E-state index is 12.4. The van der Waals surface area contributed by atoms with E-state index in [4.69, 9.17) is 4.74 Å². The number of carbonyl (C=O) groups is 2. The normalized spacial score (nSPS) is 26.3. The Morgan fingerprint density at radius 3 is 2.95 bits per heavy atom. The summed E-state index contributed by atoms with van der Waals surface area (Å²) >= 11 is 3.38. The van der Waals surface area contributed by atoms with Gasteiger partial charge in [0.25, 0.3) is 5.91 Å². The molecule has 2 heterocycles. The van der Waals surface area contributed by atoms with Gasteiger partial charge in [0, 0.05) is 17.5 Å². The minimum absolute atomic E-state index is 0.185. The van der Waals surface area contributed by atoms with Crippen LogP contribution in [0.4, 0.5) is 4.79 Å². The molecule has 1 aromatic rings. The van der Waals surface area contributed by atoms with Crippen LogP contribution in [0.5, 0.6) is 0 Å². The predicted octanol–water partition coefficient (Wildman–Crippen LogP) is 1.66. The largest absolute Gasteiger partial charge is 0.378 e. The highest BCUT2D eigenvalue weighted by molar-refractivity contribution is 9.10. The Morgan fingerprint density at radius 1 is 1.42 bits per heavy atom. The zero-order valence-corrected chi connectivity index (χ0v) is 11.8. The van der Waals surface area contributed by atoms with E-state index in [0.717, 1.165) is 10.0 Å². The van der Waals surface area contributed by atoms with Crippen LogP contribution >= 0.6 is 15.9 Å². The second-order valence-electron chi connectivity index (χ2n) is 4.84. The average molecular weight is 325 g/mol. The lowest BCUT2D eigenvalue weighted by Gasteiger charge is -2.18. The van der Waals surface area contributed by atoms with Gasteiger partial charge in [-0.1, -0.05) is 28.1 Å². The molecule has 0 radical (unpaired) electrons. The Balaban J connectivity index is 1.82. The van der Waals surface area contributed by atoms with Crippen LogP contribution in [0.25, 0.3) is 0 Å². The van der Waals surface area contributed by atoms with E-state index in [2.05, 4.69) is 21.2 Å². The van der Waals surface area contributed by atoms with Crippen LogP contribution in [0.1, 0.15) is 12.0 Å². The summed E-state index contributed by atoms with van der Waals surface area (Å²) in [4.78, 5) is 25.6. The summed E-state index contributed by atoms with van der Waals surface area (Å²) in [6.45, 7) is 1.06. The highest BCUT2D eigenvalue weighted by Gasteiger charge is 2.53. The summed E-state index contributed by atoms with van der Waals surface area (Å²) in [5.41, 5.74) is 0.0807. The number of nitrogens with one attached hydrogen (secondary N) is 1. The fourth-order valence-corrected chi connectivity index (χ4v) is 2.92. The van der Waals surface area contributed by atoms with Crippen LogP contribution in [-0.2, 0) is 16.1 Å². The van der Waals surface area contributed by atoms with Gasteiger partial charge in [0.1, 0.15) is 5.54 Å². The quantitative estimate of drug-likeness (QED) is 0.842. The van der Waals surface area contributed by atoms with Gasteiger partial charge < -0.3 is 10.1 Å². The van der Waals surface area contributed by atoms with E-state index in [0.29, 0.717) is 13.0 Å². The number of amides is 3. The van der Waals surface area contributed by atoms with E-state index in [1.807, 2.05) is 24.3 Å². The number of imide groups is 1. The van der Waals surface area contributed by atoms with Crippen molar-refractivity contribution in [2.24, 2.45) is 0 Å². The number of halogens is 1. The summed E-state index contributed by atoms with van der Waals surface area (Å²) in [5.74, 6) is -0.185. The molecule has 2 aliphatic heterocycles. The SMILES string of the molecule is O=C1NC2(CCOC2)C(=O)N1Cc1cccc(Br)c1. The molecule has 2 aliphatic rings. The lowest BCUT2D eigenvalue weighted by molar-refractivity contribution is -0.131. The third kappa shape index (κ3) is 2.15. The van der Waals surface area contributed by atoms with E-state index in [-0.39, 0.29) is 25.1 Å². The molecule has 6 heteroatoms. The molecule has 0 bridgehead atoms. The van der Waals surface area contributed by atoms with Crippen molar-refractivity contribution in [2.75, 3.05) is 13.2 Å². The molecular weight excluding hydrogens is 312 g/mol. The summed E-state index contributed by atoms with van der Waals surface area (Å²) in [5, 5.41) is 2.76. The Morgan fingerprint density at radius 2 is 2.26 bits per heavy atom. The van der Waals surface area contributed by atoms with Crippen molar-refractivity contribution >= 4 is 27.9 Å². The molecule has 3 amide bonds. The van der Waals surface area contributed by atoms with Gasteiger partial charge in [0.05, 0.1) is 13.2 Å². The number of nitrogens with zero attached hydrogens (tertiary/aromatic N) is 1. The first-order valence-corrected chi connectivity index (χ1v) is 6.86. The molecule has 2 fully saturated rings. The minimum atomic E-state index is -0.830. The van der Waals surface area contributed by atoms with Crippen LogP contribution in [0.3, 0.4) is 0 Å². The number of hydrogen-bond donors (Lipinski definition) is 1. The van der Waals surface area contributed by atoms with Crippen molar-refractivity contribution in [3.05, 3.63) is 34.3 Å². The Kier molecular flexibility index (Phi) is 3.06. The smallest absolute Gasteiger partial charge is 0.325 e. The summed E-state index contributed by atoms with van der Waals surface area (Å²) in [6, 6.07) is 7.24. The number of carbonyl (C=O) groups excluding carboxylic acids is 2. The summed E-state index contributed by atoms with van der Waals surface area (Å²) < 4.78 is 6.18. The molecule has 1 spiro atoms. The first-order valence-electron chi connectivity index (χ1n) is 6.07. The van der Waals surface area contributed by atoms with Crippen LogP contribution in [0.2, 0.25) is 0 Å². The van der Waals surface area contributed by atoms with Gasteiger partial charge >= 0.3 is 6.03 Å².